The quantitative estimate of drug-likeness (QED) is 0.366. The maximum absolute atomic E-state index is 11.2. The molecule has 2 aliphatic heterocycles. The van der Waals surface area contributed by atoms with Gasteiger partial charge in [0.2, 0.25) is 5.91 Å². The zero-order chi connectivity index (χ0) is 17.1. The van der Waals surface area contributed by atoms with Crippen LogP contribution in [0.25, 0.3) is 0 Å². The maximum Gasteiger partial charge on any atom is 0.335 e. The molecule has 2 rings (SSSR count). The Labute approximate surface area is 131 Å². The van der Waals surface area contributed by atoms with Gasteiger partial charge in [-0.3, -0.25) is 4.79 Å². The van der Waals surface area contributed by atoms with E-state index in [9.17, 15) is 24.9 Å². The number of nitrogens with one attached hydrogen (secondary N) is 1. The van der Waals surface area contributed by atoms with E-state index in [1.54, 1.807) is 0 Å². The fourth-order valence-corrected chi connectivity index (χ4v) is 2.60. The molecule has 1 amide bonds. The Morgan fingerprint density at radius 2 is 1.87 bits per heavy atom. The van der Waals surface area contributed by atoms with E-state index >= 15 is 0 Å². The Kier molecular flexibility index (Phi) is 5.89. The number of carbonyl (C=O) groups excluding carboxylic acids is 1. The van der Waals surface area contributed by atoms with Gasteiger partial charge in [0.1, 0.15) is 24.4 Å². The highest BCUT2D eigenvalue weighted by Gasteiger charge is 2.47. The Bertz CT molecular complexity index is 445. The van der Waals surface area contributed by atoms with Crippen molar-refractivity contribution in [3.05, 3.63) is 0 Å². The minimum Gasteiger partial charge on any atom is -0.479 e. The molecule has 0 aromatic heterocycles. The van der Waals surface area contributed by atoms with Crippen LogP contribution in [0.15, 0.2) is 0 Å². The van der Waals surface area contributed by atoms with Crippen LogP contribution >= 0.6 is 0 Å². The van der Waals surface area contributed by atoms with Gasteiger partial charge in [0.25, 0.3) is 0 Å². The monoisotopic (exact) mass is 335 g/mol. The van der Waals surface area contributed by atoms with Gasteiger partial charge in [0.05, 0.1) is 19.3 Å². The summed E-state index contributed by atoms with van der Waals surface area (Å²) in [4.78, 5) is 22.5. The van der Waals surface area contributed by atoms with Gasteiger partial charge in [0, 0.05) is 6.92 Å². The van der Waals surface area contributed by atoms with Crippen molar-refractivity contribution in [3.8, 4) is 0 Å². The summed E-state index contributed by atoms with van der Waals surface area (Å²) in [7, 11) is 0. The third kappa shape index (κ3) is 4.16. The topological polar surface area (TPSA) is 155 Å². The largest absolute Gasteiger partial charge is 0.479 e. The lowest BCUT2D eigenvalue weighted by Gasteiger charge is -2.41. The van der Waals surface area contributed by atoms with Crippen LogP contribution in [0, 0.1) is 0 Å². The van der Waals surface area contributed by atoms with Crippen LogP contribution in [0.5, 0.6) is 0 Å². The van der Waals surface area contributed by atoms with Gasteiger partial charge in [0.15, 0.2) is 12.4 Å². The predicted octanol–water partition coefficient (Wildman–Crippen LogP) is -2.81. The van der Waals surface area contributed by atoms with Gasteiger partial charge in [-0.15, -0.1) is 0 Å². The first kappa shape index (κ1) is 18.0. The molecule has 10 heteroatoms. The number of rotatable bonds is 4. The second kappa shape index (κ2) is 7.51. The van der Waals surface area contributed by atoms with E-state index in [0.29, 0.717) is 0 Å². The second-order valence-electron chi connectivity index (χ2n) is 5.57. The lowest BCUT2D eigenvalue weighted by atomic mass is 9.99. The van der Waals surface area contributed by atoms with Crippen molar-refractivity contribution in [3.63, 3.8) is 0 Å². The van der Waals surface area contributed by atoms with Gasteiger partial charge >= 0.3 is 5.97 Å². The van der Waals surface area contributed by atoms with Gasteiger partial charge in [-0.2, -0.15) is 0 Å². The third-order valence-corrected chi connectivity index (χ3v) is 3.78. The number of ether oxygens (including phenoxy) is 3. The van der Waals surface area contributed by atoms with E-state index in [-0.39, 0.29) is 19.6 Å². The molecular weight excluding hydrogens is 314 g/mol. The highest BCUT2D eigenvalue weighted by molar-refractivity contribution is 5.74. The van der Waals surface area contributed by atoms with Gasteiger partial charge < -0.3 is 40.0 Å². The standard InChI is InChI=1S/C13H21NO9/c1-5(15)14-8-6(16)2-3-21-13(8)23-10-9(18)7(17)4-22-11(10)12(19)20/h6-11,13,16-18H,2-4H2,1H3,(H,14,15)(H,19,20)/t6-,7?,8?,9+,10?,11?,13-/m0/s1. The molecule has 2 saturated heterocycles. The number of carboxylic acid groups (broad SMARTS) is 1. The Morgan fingerprint density at radius 3 is 2.48 bits per heavy atom. The molecule has 2 fully saturated rings. The summed E-state index contributed by atoms with van der Waals surface area (Å²) in [5, 5.41) is 41.2. The molecule has 0 aliphatic carbocycles. The molecule has 0 spiro atoms. The van der Waals surface area contributed by atoms with Crippen LogP contribution in [0.1, 0.15) is 13.3 Å². The number of aliphatic carboxylic acids is 1. The average Bonchev–Trinajstić information content (AvgIpc) is 2.46. The fourth-order valence-electron chi connectivity index (χ4n) is 2.60. The van der Waals surface area contributed by atoms with Gasteiger partial charge in [-0.25, -0.2) is 4.79 Å². The van der Waals surface area contributed by atoms with E-state index in [0.717, 1.165) is 0 Å². The van der Waals surface area contributed by atoms with Crippen molar-refractivity contribution < 1.29 is 44.2 Å². The molecule has 132 valence electrons. The molecule has 10 nitrogen and oxygen atoms in total. The summed E-state index contributed by atoms with van der Waals surface area (Å²) >= 11 is 0. The number of amides is 1. The summed E-state index contributed by atoms with van der Waals surface area (Å²) in [5.41, 5.74) is 0. The fraction of sp³-hybridized carbons (Fsp3) is 0.846. The molecule has 0 bridgehead atoms. The van der Waals surface area contributed by atoms with E-state index < -0.39 is 54.7 Å². The summed E-state index contributed by atoms with van der Waals surface area (Å²) in [6.45, 7) is 1.04. The zero-order valence-corrected chi connectivity index (χ0v) is 12.5. The lowest BCUT2D eigenvalue weighted by molar-refractivity contribution is -0.279. The van der Waals surface area contributed by atoms with Gasteiger partial charge in [-0.05, 0) is 6.42 Å². The molecule has 0 saturated carbocycles. The maximum atomic E-state index is 11.2. The SMILES string of the molecule is CC(=O)NC1[C@H](OC2C(C(=O)O)OCC(O)[C@H]2O)OCC[C@@H]1O. The first-order valence-corrected chi connectivity index (χ1v) is 7.24. The molecule has 4 unspecified atom stereocenters. The van der Waals surface area contributed by atoms with Crippen LogP contribution in [-0.2, 0) is 23.8 Å². The van der Waals surface area contributed by atoms with Crippen molar-refractivity contribution in [1.82, 2.24) is 5.32 Å². The van der Waals surface area contributed by atoms with Crippen LogP contribution in [-0.4, -0.2) is 88.4 Å². The molecule has 2 aliphatic rings. The molecule has 2 heterocycles. The van der Waals surface area contributed by atoms with Crippen LogP contribution in [0.3, 0.4) is 0 Å². The van der Waals surface area contributed by atoms with Crippen LogP contribution in [0.2, 0.25) is 0 Å². The number of carboxylic acids is 1. The molecule has 5 N–H and O–H groups in total. The van der Waals surface area contributed by atoms with Crippen LogP contribution < -0.4 is 5.32 Å². The highest BCUT2D eigenvalue weighted by atomic mass is 16.7. The smallest absolute Gasteiger partial charge is 0.335 e. The van der Waals surface area contributed by atoms with Crippen molar-refractivity contribution in [2.75, 3.05) is 13.2 Å². The van der Waals surface area contributed by atoms with Crippen molar-refractivity contribution in [1.29, 1.82) is 0 Å². The number of aliphatic hydroxyl groups excluding tert-OH is 3. The molecule has 7 atom stereocenters. The van der Waals surface area contributed by atoms with E-state index in [4.69, 9.17) is 19.3 Å². The highest BCUT2D eigenvalue weighted by Crippen LogP contribution is 2.24. The summed E-state index contributed by atoms with van der Waals surface area (Å²) in [6.07, 6.45) is -7.62. The number of hydrogen-bond donors (Lipinski definition) is 5. The molecular formula is C13H21NO9. The summed E-state index contributed by atoms with van der Waals surface area (Å²) in [6, 6.07) is -0.929. The number of hydrogen-bond acceptors (Lipinski definition) is 8. The summed E-state index contributed by atoms with van der Waals surface area (Å²) in [5.74, 6) is -1.79. The Balaban J connectivity index is 2.14. The predicted molar refractivity (Wildman–Crippen MR) is 72.2 cm³/mol. The average molecular weight is 335 g/mol. The van der Waals surface area contributed by atoms with E-state index in [1.165, 1.54) is 6.92 Å². The zero-order valence-electron chi connectivity index (χ0n) is 12.5. The normalized spacial score (nSPS) is 41.3. The summed E-state index contributed by atoms with van der Waals surface area (Å²) < 4.78 is 15.8. The first-order valence-electron chi connectivity index (χ1n) is 7.24. The minimum atomic E-state index is -1.51. The Hall–Kier alpha value is -1.30. The van der Waals surface area contributed by atoms with E-state index in [2.05, 4.69) is 5.32 Å². The third-order valence-electron chi connectivity index (χ3n) is 3.78. The second-order valence-corrected chi connectivity index (χ2v) is 5.57. The molecule has 0 aromatic rings. The Morgan fingerprint density at radius 1 is 1.17 bits per heavy atom. The van der Waals surface area contributed by atoms with Crippen molar-refractivity contribution in [2.45, 2.75) is 56.2 Å². The first-order chi connectivity index (χ1) is 10.8. The molecule has 0 radical (unpaired) electrons. The van der Waals surface area contributed by atoms with Crippen molar-refractivity contribution >= 4 is 11.9 Å². The number of carbonyl (C=O) groups is 2. The minimum absolute atomic E-state index is 0.131. The molecule has 0 aromatic carbocycles. The lowest BCUT2D eigenvalue weighted by Crippen LogP contribution is -2.62. The van der Waals surface area contributed by atoms with Gasteiger partial charge in [-0.1, -0.05) is 0 Å². The molecule has 23 heavy (non-hydrogen) atoms. The van der Waals surface area contributed by atoms with E-state index in [1.807, 2.05) is 0 Å². The number of aliphatic hydroxyl groups is 3. The van der Waals surface area contributed by atoms with Crippen molar-refractivity contribution in [2.24, 2.45) is 0 Å². The van der Waals surface area contributed by atoms with Crippen LogP contribution in [0.4, 0.5) is 0 Å².